The molecule has 8 nitrogen and oxygen atoms in total. The van der Waals surface area contributed by atoms with Crippen molar-refractivity contribution in [2.24, 2.45) is 0 Å². The van der Waals surface area contributed by atoms with Gasteiger partial charge in [0.05, 0.1) is 25.5 Å². The highest BCUT2D eigenvalue weighted by molar-refractivity contribution is 6.32. The van der Waals surface area contributed by atoms with Crippen LogP contribution in [-0.4, -0.2) is 54.6 Å². The summed E-state index contributed by atoms with van der Waals surface area (Å²) >= 11 is 6.42. The van der Waals surface area contributed by atoms with Gasteiger partial charge < -0.3 is 19.7 Å². The molecule has 0 radical (unpaired) electrons. The van der Waals surface area contributed by atoms with Crippen molar-refractivity contribution in [3.05, 3.63) is 76.1 Å². The number of benzene rings is 2. The Morgan fingerprint density at radius 2 is 1.74 bits per heavy atom. The number of nitrogens with zero attached hydrogens (tertiary/aromatic N) is 3. The molecule has 1 saturated heterocycles. The number of ether oxygens (including phenoxy) is 2. The Morgan fingerprint density at radius 1 is 1.06 bits per heavy atom. The second-order valence-electron chi connectivity index (χ2n) is 8.17. The second-order valence-corrected chi connectivity index (χ2v) is 8.52. The molecule has 0 bridgehead atoms. The molecule has 34 heavy (non-hydrogen) atoms. The Balaban J connectivity index is 1.32. The zero-order valence-corrected chi connectivity index (χ0v) is 20.0. The highest BCUT2D eigenvalue weighted by atomic mass is 35.5. The van der Waals surface area contributed by atoms with Crippen LogP contribution in [0.4, 0.5) is 11.4 Å². The van der Waals surface area contributed by atoms with Crippen LogP contribution in [0, 0.1) is 13.8 Å². The number of esters is 1. The lowest BCUT2D eigenvalue weighted by Crippen LogP contribution is -2.36. The van der Waals surface area contributed by atoms with Crippen LogP contribution < -0.4 is 10.2 Å². The van der Waals surface area contributed by atoms with E-state index in [1.165, 1.54) is 0 Å². The average Bonchev–Trinajstić information content (AvgIpc) is 3.12. The van der Waals surface area contributed by atoms with Crippen molar-refractivity contribution >= 4 is 34.9 Å². The summed E-state index contributed by atoms with van der Waals surface area (Å²) in [6.07, 6.45) is 0. The Bertz CT molecular complexity index is 1150. The van der Waals surface area contributed by atoms with Crippen LogP contribution in [-0.2, 0) is 20.8 Å². The summed E-state index contributed by atoms with van der Waals surface area (Å²) in [7, 11) is 0. The summed E-state index contributed by atoms with van der Waals surface area (Å²) < 4.78 is 12.1. The molecule has 0 atom stereocenters. The van der Waals surface area contributed by atoms with Crippen molar-refractivity contribution in [2.45, 2.75) is 20.4 Å². The molecule has 4 rings (SSSR count). The fraction of sp³-hybridized carbons (Fsp3) is 0.320. The first-order chi connectivity index (χ1) is 16.4. The van der Waals surface area contributed by atoms with Crippen LogP contribution in [0.5, 0.6) is 0 Å². The molecule has 1 N–H and O–H groups in total. The molecule has 1 aromatic heterocycles. The van der Waals surface area contributed by atoms with E-state index < -0.39 is 18.5 Å². The average molecular weight is 483 g/mol. The predicted octanol–water partition coefficient (Wildman–Crippen LogP) is 3.83. The summed E-state index contributed by atoms with van der Waals surface area (Å²) in [5.74, 6) is -1.12. The van der Waals surface area contributed by atoms with E-state index in [1.807, 2.05) is 55.5 Å². The lowest BCUT2D eigenvalue weighted by molar-refractivity contribution is -0.119. The van der Waals surface area contributed by atoms with E-state index in [0.29, 0.717) is 31.1 Å². The van der Waals surface area contributed by atoms with Crippen molar-refractivity contribution in [1.29, 1.82) is 0 Å². The van der Waals surface area contributed by atoms with E-state index in [2.05, 4.69) is 15.3 Å². The van der Waals surface area contributed by atoms with Gasteiger partial charge in [-0.1, -0.05) is 41.4 Å². The smallest absolute Gasteiger partial charge is 0.343 e. The van der Waals surface area contributed by atoms with Gasteiger partial charge >= 0.3 is 5.97 Å². The number of nitrogens with one attached hydrogen (secondary N) is 1. The topological polar surface area (TPSA) is 85.7 Å². The largest absolute Gasteiger partial charge is 0.452 e. The van der Waals surface area contributed by atoms with Crippen LogP contribution in [0.25, 0.3) is 0 Å². The Morgan fingerprint density at radius 3 is 2.41 bits per heavy atom. The molecule has 3 aromatic rings. The lowest BCUT2D eigenvalue weighted by Gasteiger charge is -2.28. The lowest BCUT2D eigenvalue weighted by atomic mass is 10.1. The maximum absolute atomic E-state index is 12.6. The number of aryl methyl sites for hydroxylation is 2. The normalized spacial score (nSPS) is 13.6. The van der Waals surface area contributed by atoms with Crippen molar-refractivity contribution in [3.8, 4) is 0 Å². The minimum Gasteiger partial charge on any atom is -0.452 e. The van der Waals surface area contributed by atoms with Crippen molar-refractivity contribution in [3.63, 3.8) is 0 Å². The quantitative estimate of drug-likeness (QED) is 0.515. The molecule has 2 aromatic carbocycles. The number of aromatic nitrogens is 2. The number of carbonyl (C=O) groups excluding carboxylic acids is 2. The fourth-order valence-electron chi connectivity index (χ4n) is 3.73. The van der Waals surface area contributed by atoms with E-state index in [-0.39, 0.29) is 10.7 Å². The minimum atomic E-state index is -0.685. The number of anilines is 2. The molecule has 1 aliphatic rings. The molecule has 9 heteroatoms. The monoisotopic (exact) mass is 482 g/mol. The van der Waals surface area contributed by atoms with Crippen molar-refractivity contribution < 1.29 is 19.1 Å². The van der Waals surface area contributed by atoms with E-state index in [0.717, 1.165) is 29.9 Å². The molecule has 0 unspecified atom stereocenters. The SMILES string of the molecule is Cc1ccc(Cn2nc(C)c(C(=O)OCC(=O)Nc3ccc(N4CCOCC4)cc3)c2Cl)cc1. The molecule has 178 valence electrons. The Labute approximate surface area is 203 Å². The van der Waals surface area contributed by atoms with Gasteiger partial charge in [0.25, 0.3) is 5.91 Å². The number of carbonyl (C=O) groups is 2. The third kappa shape index (κ3) is 5.76. The number of morpholine rings is 1. The molecule has 1 fully saturated rings. The summed E-state index contributed by atoms with van der Waals surface area (Å²) in [6, 6.07) is 15.5. The van der Waals surface area contributed by atoms with E-state index >= 15 is 0 Å². The fourth-order valence-corrected chi connectivity index (χ4v) is 4.05. The third-order valence-electron chi connectivity index (χ3n) is 5.58. The van der Waals surface area contributed by atoms with Gasteiger partial charge in [0.15, 0.2) is 6.61 Å². The van der Waals surface area contributed by atoms with Crippen LogP contribution in [0.1, 0.15) is 27.2 Å². The van der Waals surface area contributed by atoms with Gasteiger partial charge in [0.2, 0.25) is 0 Å². The molecular weight excluding hydrogens is 456 g/mol. The summed E-state index contributed by atoms with van der Waals surface area (Å²) in [5.41, 5.74) is 4.47. The van der Waals surface area contributed by atoms with Crippen LogP contribution in [0.2, 0.25) is 5.15 Å². The van der Waals surface area contributed by atoms with E-state index in [4.69, 9.17) is 21.1 Å². The molecule has 1 aliphatic heterocycles. The highest BCUT2D eigenvalue weighted by Crippen LogP contribution is 2.22. The number of hydrogen-bond donors (Lipinski definition) is 1. The van der Waals surface area contributed by atoms with Gasteiger partial charge in [-0.15, -0.1) is 0 Å². The highest BCUT2D eigenvalue weighted by Gasteiger charge is 2.22. The van der Waals surface area contributed by atoms with Crippen LogP contribution in [0.3, 0.4) is 0 Å². The number of halogens is 1. The van der Waals surface area contributed by atoms with Gasteiger partial charge in [-0.25, -0.2) is 9.48 Å². The number of amides is 1. The van der Waals surface area contributed by atoms with E-state index in [9.17, 15) is 9.59 Å². The number of hydrogen-bond acceptors (Lipinski definition) is 6. The maximum atomic E-state index is 12.6. The van der Waals surface area contributed by atoms with Crippen LogP contribution >= 0.6 is 11.6 Å². The maximum Gasteiger partial charge on any atom is 0.343 e. The first-order valence-electron chi connectivity index (χ1n) is 11.1. The summed E-state index contributed by atoms with van der Waals surface area (Å²) in [6.45, 7) is 6.79. The van der Waals surface area contributed by atoms with Gasteiger partial charge in [0.1, 0.15) is 10.7 Å². The van der Waals surface area contributed by atoms with Crippen molar-refractivity contribution in [2.75, 3.05) is 43.1 Å². The summed E-state index contributed by atoms with van der Waals surface area (Å²) in [5, 5.41) is 7.28. The van der Waals surface area contributed by atoms with Gasteiger partial charge in [0, 0.05) is 24.5 Å². The van der Waals surface area contributed by atoms with Gasteiger partial charge in [-0.3, -0.25) is 4.79 Å². The third-order valence-corrected chi connectivity index (χ3v) is 5.97. The van der Waals surface area contributed by atoms with Crippen LogP contribution in [0.15, 0.2) is 48.5 Å². The standard InChI is InChI=1S/C25H27ClN4O4/c1-17-3-5-19(6-4-17)15-30-24(26)23(18(2)28-30)25(32)34-16-22(31)27-20-7-9-21(10-8-20)29-11-13-33-14-12-29/h3-10H,11-16H2,1-2H3,(H,27,31). The zero-order chi connectivity index (χ0) is 24.1. The molecule has 2 heterocycles. The second kappa shape index (κ2) is 10.7. The number of rotatable bonds is 7. The Kier molecular flexibility index (Phi) is 7.49. The first kappa shape index (κ1) is 23.8. The summed E-state index contributed by atoms with van der Waals surface area (Å²) in [4.78, 5) is 27.2. The molecule has 0 saturated carbocycles. The minimum absolute atomic E-state index is 0.163. The zero-order valence-electron chi connectivity index (χ0n) is 19.2. The van der Waals surface area contributed by atoms with Crippen molar-refractivity contribution in [1.82, 2.24) is 9.78 Å². The van der Waals surface area contributed by atoms with Gasteiger partial charge in [-0.05, 0) is 43.7 Å². The molecule has 0 spiro atoms. The Hall–Kier alpha value is -3.36. The van der Waals surface area contributed by atoms with Gasteiger partial charge in [-0.2, -0.15) is 5.10 Å². The first-order valence-corrected chi connectivity index (χ1v) is 11.5. The van der Waals surface area contributed by atoms with E-state index in [1.54, 1.807) is 11.6 Å². The molecular formula is C25H27ClN4O4. The molecule has 1 amide bonds. The predicted molar refractivity (Wildman–Crippen MR) is 131 cm³/mol. The molecule has 0 aliphatic carbocycles.